The molecule has 0 radical (unpaired) electrons. The van der Waals surface area contributed by atoms with Gasteiger partial charge in [0.25, 0.3) is 0 Å². The van der Waals surface area contributed by atoms with E-state index in [1.807, 2.05) is 6.07 Å². The molecule has 1 aromatic rings. The summed E-state index contributed by atoms with van der Waals surface area (Å²) in [5.74, 6) is -0.877. The molecule has 0 bridgehead atoms. The van der Waals surface area contributed by atoms with Crippen LogP contribution in [0.4, 0.5) is 0 Å². The zero-order valence-electron chi connectivity index (χ0n) is 9.31. The molecule has 0 aliphatic heterocycles. The molecule has 86 valence electrons. The van der Waals surface area contributed by atoms with Crippen LogP contribution in [0.3, 0.4) is 0 Å². The van der Waals surface area contributed by atoms with Crippen molar-refractivity contribution < 1.29 is 9.90 Å². The molecule has 2 rings (SSSR count). The first-order valence-corrected chi connectivity index (χ1v) is 5.55. The molecule has 0 amide bonds. The lowest BCUT2D eigenvalue weighted by Gasteiger charge is -2.35. The van der Waals surface area contributed by atoms with Crippen molar-refractivity contribution in [3.63, 3.8) is 0 Å². The molecule has 1 atom stereocenters. The van der Waals surface area contributed by atoms with E-state index in [9.17, 15) is 9.90 Å². The van der Waals surface area contributed by atoms with Crippen LogP contribution in [0.2, 0.25) is 0 Å². The van der Waals surface area contributed by atoms with Crippen LogP contribution in [0.1, 0.15) is 31.9 Å². The molecule has 0 aromatic carbocycles. The Kier molecular flexibility index (Phi) is 2.92. The molecule has 0 spiro atoms. The maximum absolute atomic E-state index is 11.4. The first-order valence-electron chi connectivity index (χ1n) is 5.55. The Morgan fingerprint density at radius 1 is 1.56 bits per heavy atom. The predicted molar refractivity (Wildman–Crippen MR) is 60.0 cm³/mol. The zero-order valence-corrected chi connectivity index (χ0v) is 9.31. The van der Waals surface area contributed by atoms with Gasteiger partial charge in [0.15, 0.2) is 5.54 Å². The Hall–Kier alpha value is -1.42. The Labute approximate surface area is 94.7 Å². The molecule has 1 aliphatic carbocycles. The molecule has 1 unspecified atom stereocenters. The number of carboxylic acids is 1. The first-order chi connectivity index (χ1) is 7.63. The van der Waals surface area contributed by atoms with Gasteiger partial charge in [-0.1, -0.05) is 12.5 Å². The van der Waals surface area contributed by atoms with E-state index in [2.05, 4.69) is 10.3 Å². The average Bonchev–Trinajstić information content (AvgIpc) is 2.24. The minimum Gasteiger partial charge on any atom is -0.480 e. The molecule has 0 saturated heterocycles. The van der Waals surface area contributed by atoms with E-state index in [-0.39, 0.29) is 0 Å². The van der Waals surface area contributed by atoms with Crippen LogP contribution < -0.4 is 5.32 Å². The summed E-state index contributed by atoms with van der Waals surface area (Å²) in [6.45, 7) is 1.68. The maximum Gasteiger partial charge on any atom is 0.329 e. The van der Waals surface area contributed by atoms with Crippen molar-refractivity contribution in [2.24, 2.45) is 0 Å². The summed E-state index contributed by atoms with van der Waals surface area (Å²) in [5, 5.41) is 12.5. The minimum atomic E-state index is -1.08. The lowest BCUT2D eigenvalue weighted by Crippen LogP contribution is -2.53. The predicted octanol–water partition coefficient (Wildman–Crippen LogP) is 1.52. The highest BCUT2D eigenvalue weighted by atomic mass is 16.4. The van der Waals surface area contributed by atoms with Crippen molar-refractivity contribution in [2.45, 2.75) is 37.8 Å². The Bertz CT molecular complexity index is 376. The van der Waals surface area contributed by atoms with E-state index >= 15 is 0 Å². The van der Waals surface area contributed by atoms with Gasteiger partial charge in [-0.2, -0.15) is 0 Å². The molecule has 16 heavy (non-hydrogen) atoms. The summed E-state index contributed by atoms with van der Waals surface area (Å²) >= 11 is 0. The van der Waals surface area contributed by atoms with Gasteiger partial charge in [0, 0.05) is 12.2 Å². The van der Waals surface area contributed by atoms with Crippen LogP contribution in [0.25, 0.3) is 0 Å². The van der Waals surface area contributed by atoms with Gasteiger partial charge in [0.1, 0.15) is 0 Å². The third-order valence-electron chi connectivity index (χ3n) is 3.20. The summed E-state index contributed by atoms with van der Waals surface area (Å²) in [6.07, 6.45) is 4.90. The number of carbonyl (C=O) groups is 1. The first kappa shape index (κ1) is 11.1. The zero-order chi connectivity index (χ0) is 11.6. The van der Waals surface area contributed by atoms with Gasteiger partial charge in [0.05, 0.1) is 5.69 Å². The lowest BCUT2D eigenvalue weighted by molar-refractivity contribution is -0.145. The molecule has 2 N–H and O–H groups in total. The van der Waals surface area contributed by atoms with Crippen molar-refractivity contribution in [2.75, 3.05) is 0 Å². The van der Waals surface area contributed by atoms with Crippen molar-refractivity contribution in [1.29, 1.82) is 0 Å². The van der Waals surface area contributed by atoms with Crippen molar-refractivity contribution in [1.82, 2.24) is 10.3 Å². The highest BCUT2D eigenvalue weighted by Gasteiger charge is 2.39. The Morgan fingerprint density at radius 2 is 2.31 bits per heavy atom. The second-order valence-corrected chi connectivity index (χ2v) is 4.42. The van der Waals surface area contributed by atoms with E-state index in [0.29, 0.717) is 11.7 Å². The number of aliphatic carboxylic acids is 1. The normalized spacial score (nSPS) is 19.8. The summed E-state index contributed by atoms with van der Waals surface area (Å²) in [4.78, 5) is 15.5. The van der Waals surface area contributed by atoms with Crippen LogP contribution in [0.15, 0.2) is 24.4 Å². The molecule has 1 fully saturated rings. The fourth-order valence-corrected chi connectivity index (χ4v) is 1.86. The van der Waals surface area contributed by atoms with Crippen molar-refractivity contribution >= 4 is 5.97 Å². The topological polar surface area (TPSA) is 62.2 Å². The highest BCUT2D eigenvalue weighted by Crippen LogP contribution is 2.26. The fourth-order valence-electron chi connectivity index (χ4n) is 1.86. The van der Waals surface area contributed by atoms with Crippen LogP contribution >= 0.6 is 0 Å². The number of nitrogens with zero attached hydrogens (tertiary/aromatic N) is 1. The van der Waals surface area contributed by atoms with E-state index < -0.39 is 11.5 Å². The molecule has 1 saturated carbocycles. The van der Waals surface area contributed by atoms with E-state index in [1.165, 1.54) is 6.42 Å². The van der Waals surface area contributed by atoms with Crippen LogP contribution in [0, 0.1) is 0 Å². The van der Waals surface area contributed by atoms with Crippen molar-refractivity contribution in [3.8, 4) is 0 Å². The van der Waals surface area contributed by atoms with Crippen molar-refractivity contribution in [3.05, 3.63) is 30.1 Å². The van der Waals surface area contributed by atoms with Gasteiger partial charge in [-0.15, -0.1) is 0 Å². The smallest absolute Gasteiger partial charge is 0.329 e. The van der Waals surface area contributed by atoms with Crippen LogP contribution in [-0.4, -0.2) is 22.1 Å². The second-order valence-electron chi connectivity index (χ2n) is 4.42. The summed E-state index contributed by atoms with van der Waals surface area (Å²) < 4.78 is 0. The van der Waals surface area contributed by atoms with E-state index in [0.717, 1.165) is 12.8 Å². The summed E-state index contributed by atoms with van der Waals surface area (Å²) in [6, 6.07) is 5.66. The fraction of sp³-hybridized carbons (Fsp3) is 0.500. The highest BCUT2D eigenvalue weighted by molar-refractivity contribution is 5.79. The maximum atomic E-state index is 11.4. The number of aromatic nitrogens is 1. The molecular formula is C12H16N2O2. The average molecular weight is 220 g/mol. The van der Waals surface area contributed by atoms with Gasteiger partial charge in [-0.25, -0.2) is 4.79 Å². The third-order valence-corrected chi connectivity index (χ3v) is 3.20. The summed E-state index contributed by atoms with van der Waals surface area (Å²) in [7, 11) is 0. The van der Waals surface area contributed by atoms with Gasteiger partial charge >= 0.3 is 5.97 Å². The SMILES string of the molecule is CC(NC1CCC1)(C(=O)O)c1ccccn1. The quantitative estimate of drug-likeness (QED) is 0.807. The Morgan fingerprint density at radius 3 is 2.75 bits per heavy atom. The number of hydrogen-bond acceptors (Lipinski definition) is 3. The molecular weight excluding hydrogens is 204 g/mol. The number of pyridine rings is 1. The molecule has 4 nitrogen and oxygen atoms in total. The Balaban J connectivity index is 2.24. The van der Waals surface area contributed by atoms with Gasteiger partial charge < -0.3 is 5.11 Å². The third kappa shape index (κ3) is 1.93. The van der Waals surface area contributed by atoms with Gasteiger partial charge in [0.2, 0.25) is 0 Å². The molecule has 4 heteroatoms. The van der Waals surface area contributed by atoms with E-state index in [1.54, 1.807) is 25.3 Å². The second kappa shape index (κ2) is 4.22. The standard InChI is InChI=1S/C12H16N2O2/c1-12(11(15)16,14-9-5-4-6-9)10-7-2-3-8-13-10/h2-3,7-9,14H,4-6H2,1H3,(H,15,16). The molecule has 1 aromatic heterocycles. The number of rotatable bonds is 4. The van der Waals surface area contributed by atoms with Crippen LogP contribution in [0.5, 0.6) is 0 Å². The van der Waals surface area contributed by atoms with Gasteiger partial charge in [-0.05, 0) is 31.9 Å². The molecule has 1 heterocycles. The van der Waals surface area contributed by atoms with Gasteiger partial charge in [-0.3, -0.25) is 10.3 Å². The monoisotopic (exact) mass is 220 g/mol. The minimum absolute atomic E-state index is 0.308. The number of nitrogens with one attached hydrogen (secondary N) is 1. The number of carboxylic acid groups (broad SMARTS) is 1. The number of hydrogen-bond donors (Lipinski definition) is 2. The van der Waals surface area contributed by atoms with Crippen LogP contribution in [-0.2, 0) is 10.3 Å². The lowest BCUT2D eigenvalue weighted by atomic mass is 9.88. The largest absolute Gasteiger partial charge is 0.480 e. The summed E-state index contributed by atoms with van der Waals surface area (Å²) in [5.41, 5.74) is -0.513. The molecule has 1 aliphatic rings. The van der Waals surface area contributed by atoms with E-state index in [4.69, 9.17) is 0 Å².